The fraction of sp³-hybridized carbons (Fsp3) is 0.615. The molecule has 0 heterocycles. The normalized spacial score (nSPS) is 21.2. The van der Waals surface area contributed by atoms with Crippen LogP contribution in [0.5, 0.6) is 11.5 Å². The lowest BCUT2D eigenvalue weighted by molar-refractivity contribution is -0.210. The molecule has 0 spiro atoms. The van der Waals surface area contributed by atoms with Crippen molar-refractivity contribution in [1.29, 1.82) is 0 Å². The molecule has 0 amide bonds. The van der Waals surface area contributed by atoms with Crippen LogP contribution < -0.4 is 9.47 Å². The minimum absolute atomic E-state index is 0.0111. The third-order valence-electron chi connectivity index (χ3n) is 13.0. The number of carbonyl (C=O) groups is 4. The number of carboxylic acids is 2. The number of carboxylic acid groups (broad SMARTS) is 2. The molecule has 2 N–H and O–H groups in total. The molecule has 0 aliphatic heterocycles. The highest BCUT2D eigenvalue weighted by molar-refractivity contribution is 5.99. The number of esters is 2. The van der Waals surface area contributed by atoms with E-state index >= 15 is 0 Å². The maximum Gasteiger partial charge on any atom is 0.353 e. The quantitative estimate of drug-likeness (QED) is 0.0506. The number of benzene rings is 2. The number of hydrogen-bond donors (Lipinski definition) is 2. The van der Waals surface area contributed by atoms with Crippen molar-refractivity contribution in [3.8, 4) is 11.5 Å². The Bertz CT molecular complexity index is 1590. The van der Waals surface area contributed by atoms with Gasteiger partial charge in [-0.15, -0.1) is 0 Å². The van der Waals surface area contributed by atoms with Crippen LogP contribution in [0.4, 0.5) is 0 Å². The van der Waals surface area contributed by atoms with E-state index in [-0.39, 0.29) is 24.0 Å². The SMILES string of the molecule is CCCCC[C@H]1CC[C@H](C=CCOc2ccc(C(=O)O[C@@](CCC)(C(=O)O)[C@@](CCC)(OC(=O)c3ccc(OCC=C[C@H]4CC[C@H](CCCCC)CC4)cc3)C(=O)O)cc2)CC1. The molecule has 2 aromatic carbocycles. The number of allylic oxidation sites excluding steroid dienone is 2. The van der Waals surface area contributed by atoms with Crippen molar-refractivity contribution in [3.63, 3.8) is 0 Å². The monoisotopic (exact) mass is 859 g/mol. The molecule has 0 radical (unpaired) electrons. The minimum atomic E-state index is -2.76. The van der Waals surface area contributed by atoms with Crippen LogP contribution in [0.1, 0.15) is 177 Å². The Morgan fingerprint density at radius 2 is 0.887 bits per heavy atom. The highest BCUT2D eigenvalue weighted by Gasteiger charge is 2.67. The molecule has 10 nitrogen and oxygen atoms in total. The summed E-state index contributed by atoms with van der Waals surface area (Å²) >= 11 is 0. The molecule has 2 fully saturated rings. The number of carbonyl (C=O) groups excluding carboxylic acids is 2. The Labute approximate surface area is 370 Å². The Morgan fingerprint density at radius 1 is 0.532 bits per heavy atom. The highest BCUT2D eigenvalue weighted by Crippen LogP contribution is 2.41. The van der Waals surface area contributed by atoms with Gasteiger partial charge in [-0.05, 0) is 124 Å². The predicted octanol–water partition coefficient (Wildman–Crippen LogP) is 12.6. The second-order valence-electron chi connectivity index (χ2n) is 17.6. The van der Waals surface area contributed by atoms with Gasteiger partial charge >= 0.3 is 23.9 Å². The van der Waals surface area contributed by atoms with Gasteiger partial charge in [-0.3, -0.25) is 0 Å². The van der Waals surface area contributed by atoms with Crippen molar-refractivity contribution < 1.29 is 48.3 Å². The summed E-state index contributed by atoms with van der Waals surface area (Å²) in [6.07, 6.45) is 28.2. The van der Waals surface area contributed by atoms with Crippen LogP contribution in [0.2, 0.25) is 0 Å². The summed E-state index contributed by atoms with van der Waals surface area (Å²) in [6.45, 7) is 8.47. The van der Waals surface area contributed by atoms with Crippen molar-refractivity contribution in [2.75, 3.05) is 13.2 Å². The Balaban J connectivity index is 1.37. The standard InChI is InChI=1S/C52H74O10/c1-5-9-11-15-39-19-23-41(24-20-39)17-13-37-59-45-31-27-43(28-32-45)47(53)61-51(35-7-3,49(55)56)52(36-8-4,50(57)58)62-48(54)44-29-33-46(34-30-44)60-38-14-18-42-25-21-40(22-26-42)16-12-10-6-2/h13-14,17-18,27-34,39-42H,5-12,15-16,19-26,35-38H2,1-4H3,(H,55,56)(H,57,58)/t39-,40-,41-,42-,51-,52-/m0/s1. The van der Waals surface area contributed by atoms with Gasteiger partial charge < -0.3 is 29.2 Å². The summed E-state index contributed by atoms with van der Waals surface area (Å²) in [5.41, 5.74) is -5.53. The summed E-state index contributed by atoms with van der Waals surface area (Å²) in [7, 11) is 0. The van der Waals surface area contributed by atoms with Gasteiger partial charge in [0.15, 0.2) is 0 Å². The molecule has 4 rings (SSSR count). The molecular weight excluding hydrogens is 785 g/mol. The molecule has 10 heteroatoms. The molecule has 2 aliphatic carbocycles. The van der Waals surface area contributed by atoms with Crippen LogP contribution in [0.25, 0.3) is 0 Å². The molecule has 0 unspecified atom stereocenters. The van der Waals surface area contributed by atoms with Gasteiger partial charge in [0.1, 0.15) is 24.7 Å². The van der Waals surface area contributed by atoms with E-state index in [1.807, 2.05) is 12.2 Å². The first kappa shape index (κ1) is 50.0. The van der Waals surface area contributed by atoms with Gasteiger partial charge in [-0.25, -0.2) is 19.2 Å². The number of rotatable bonds is 27. The fourth-order valence-electron chi connectivity index (χ4n) is 9.32. The van der Waals surface area contributed by atoms with Crippen molar-refractivity contribution in [1.82, 2.24) is 0 Å². The molecule has 0 saturated heterocycles. The second kappa shape index (κ2) is 26.1. The fourth-order valence-corrected chi connectivity index (χ4v) is 9.32. The van der Waals surface area contributed by atoms with E-state index in [0.29, 0.717) is 36.5 Å². The average Bonchev–Trinajstić information content (AvgIpc) is 3.27. The predicted molar refractivity (Wildman–Crippen MR) is 243 cm³/mol. The lowest BCUT2D eigenvalue weighted by Gasteiger charge is -2.43. The Kier molecular flexibility index (Phi) is 21.1. The molecule has 2 aliphatic rings. The zero-order valence-electron chi connectivity index (χ0n) is 38.0. The van der Waals surface area contributed by atoms with Crippen molar-refractivity contribution >= 4 is 23.9 Å². The summed E-state index contributed by atoms with van der Waals surface area (Å²) in [4.78, 5) is 53.9. The number of unbranched alkanes of at least 4 members (excludes halogenated alkanes) is 4. The summed E-state index contributed by atoms with van der Waals surface area (Å²) in [5.74, 6) is -1.80. The molecular formula is C52H74O10. The maximum absolute atomic E-state index is 13.7. The van der Waals surface area contributed by atoms with E-state index in [4.69, 9.17) is 18.9 Å². The first-order chi connectivity index (χ1) is 30.0. The zero-order valence-corrected chi connectivity index (χ0v) is 38.0. The van der Waals surface area contributed by atoms with Crippen molar-refractivity contribution in [3.05, 3.63) is 84.0 Å². The molecule has 0 aromatic heterocycles. The topological polar surface area (TPSA) is 146 Å². The molecule has 2 atom stereocenters. The first-order valence-electron chi connectivity index (χ1n) is 23.7. The first-order valence-corrected chi connectivity index (χ1v) is 23.7. The van der Waals surface area contributed by atoms with E-state index in [0.717, 1.165) is 11.8 Å². The number of ether oxygens (including phenoxy) is 4. The van der Waals surface area contributed by atoms with Crippen LogP contribution >= 0.6 is 0 Å². The van der Waals surface area contributed by atoms with Crippen LogP contribution in [0.3, 0.4) is 0 Å². The van der Waals surface area contributed by atoms with Crippen LogP contribution in [-0.2, 0) is 19.1 Å². The third-order valence-corrected chi connectivity index (χ3v) is 13.0. The zero-order chi connectivity index (χ0) is 44.8. The van der Waals surface area contributed by atoms with Crippen LogP contribution in [0, 0.1) is 23.7 Å². The summed E-state index contributed by atoms with van der Waals surface area (Å²) < 4.78 is 23.3. The Morgan fingerprint density at radius 3 is 1.19 bits per heavy atom. The second-order valence-corrected chi connectivity index (χ2v) is 17.6. The molecule has 342 valence electrons. The van der Waals surface area contributed by atoms with Gasteiger partial charge in [-0.2, -0.15) is 0 Å². The molecule has 2 saturated carbocycles. The molecule has 2 aromatic rings. The van der Waals surface area contributed by atoms with Crippen molar-refractivity contribution in [2.24, 2.45) is 23.7 Å². The molecule has 0 bridgehead atoms. The van der Waals surface area contributed by atoms with Crippen LogP contribution in [0.15, 0.2) is 72.8 Å². The lowest BCUT2D eigenvalue weighted by atomic mass is 9.75. The Hall–Kier alpha value is -4.60. The lowest BCUT2D eigenvalue weighted by Crippen LogP contribution is -2.67. The van der Waals surface area contributed by atoms with Gasteiger partial charge in [0.25, 0.3) is 11.2 Å². The van der Waals surface area contributed by atoms with Gasteiger partial charge in [-0.1, -0.05) is 116 Å². The number of aliphatic carboxylic acids is 2. The van der Waals surface area contributed by atoms with Crippen LogP contribution in [-0.4, -0.2) is 58.5 Å². The molecule has 62 heavy (non-hydrogen) atoms. The average molecular weight is 859 g/mol. The highest BCUT2D eigenvalue weighted by atomic mass is 16.6. The smallest absolute Gasteiger partial charge is 0.353 e. The van der Waals surface area contributed by atoms with E-state index in [9.17, 15) is 29.4 Å². The summed E-state index contributed by atoms with van der Waals surface area (Å²) in [6, 6.07) is 12.1. The van der Waals surface area contributed by atoms with Gasteiger partial charge in [0, 0.05) is 12.8 Å². The van der Waals surface area contributed by atoms with Crippen molar-refractivity contribution in [2.45, 2.75) is 167 Å². The van der Waals surface area contributed by atoms with Gasteiger partial charge in [0.2, 0.25) is 0 Å². The van der Waals surface area contributed by atoms with E-state index in [2.05, 4.69) is 26.0 Å². The van der Waals surface area contributed by atoms with E-state index in [1.54, 1.807) is 38.1 Å². The van der Waals surface area contributed by atoms with Gasteiger partial charge in [0.05, 0.1) is 11.1 Å². The van der Waals surface area contributed by atoms with E-state index in [1.165, 1.54) is 127 Å². The minimum Gasteiger partial charge on any atom is -0.490 e. The maximum atomic E-state index is 13.7. The number of hydrogen-bond acceptors (Lipinski definition) is 8. The largest absolute Gasteiger partial charge is 0.490 e. The van der Waals surface area contributed by atoms with E-state index < -0.39 is 47.9 Å². The third kappa shape index (κ3) is 14.5. The summed E-state index contributed by atoms with van der Waals surface area (Å²) in [5, 5.41) is 21.5.